The highest BCUT2D eigenvalue weighted by molar-refractivity contribution is 5.95. The standard InChI is InChI=1S/C18H26N6O/c1-10(2)16-14(17(25)20-8-15(19)13-5-6-13)9-24(23-16)18-21-11(3)7-12(4)22-18/h7,9-10,13,15H,5-6,8,19H2,1-4H3,(H,20,25). The summed E-state index contributed by atoms with van der Waals surface area (Å²) >= 11 is 0. The van der Waals surface area contributed by atoms with Gasteiger partial charge in [0.05, 0.1) is 11.3 Å². The summed E-state index contributed by atoms with van der Waals surface area (Å²) in [5.74, 6) is 1.00. The van der Waals surface area contributed by atoms with Crippen LogP contribution in [0, 0.1) is 19.8 Å². The number of carbonyl (C=O) groups is 1. The van der Waals surface area contributed by atoms with Crippen LogP contribution in [0.15, 0.2) is 12.3 Å². The van der Waals surface area contributed by atoms with Crippen molar-refractivity contribution in [1.82, 2.24) is 25.1 Å². The van der Waals surface area contributed by atoms with Crippen molar-refractivity contribution in [2.45, 2.75) is 52.5 Å². The first-order valence-electron chi connectivity index (χ1n) is 8.81. The second-order valence-electron chi connectivity index (χ2n) is 7.19. The first-order valence-corrected chi connectivity index (χ1v) is 8.81. The lowest BCUT2D eigenvalue weighted by Crippen LogP contribution is -2.38. The Balaban J connectivity index is 1.85. The van der Waals surface area contributed by atoms with E-state index in [9.17, 15) is 4.79 Å². The van der Waals surface area contributed by atoms with Gasteiger partial charge in [0, 0.05) is 30.2 Å². The molecule has 134 valence electrons. The smallest absolute Gasteiger partial charge is 0.254 e. The lowest BCUT2D eigenvalue weighted by Gasteiger charge is -2.11. The van der Waals surface area contributed by atoms with Crippen molar-refractivity contribution in [2.75, 3.05) is 6.54 Å². The third-order valence-electron chi connectivity index (χ3n) is 4.44. The Morgan fingerprint density at radius 1 is 1.32 bits per heavy atom. The van der Waals surface area contributed by atoms with Crippen LogP contribution in [0.5, 0.6) is 0 Å². The van der Waals surface area contributed by atoms with Gasteiger partial charge in [0.25, 0.3) is 11.9 Å². The molecule has 7 heteroatoms. The summed E-state index contributed by atoms with van der Waals surface area (Å²) in [6.45, 7) is 8.35. The van der Waals surface area contributed by atoms with Gasteiger partial charge in [-0.25, -0.2) is 14.6 Å². The van der Waals surface area contributed by atoms with E-state index in [2.05, 4.69) is 20.4 Å². The molecule has 0 aliphatic heterocycles. The number of aryl methyl sites for hydroxylation is 2. The third-order valence-corrected chi connectivity index (χ3v) is 4.44. The maximum absolute atomic E-state index is 12.6. The normalized spacial score (nSPS) is 15.4. The van der Waals surface area contributed by atoms with Gasteiger partial charge in [-0.05, 0) is 44.6 Å². The van der Waals surface area contributed by atoms with Crippen LogP contribution in [-0.4, -0.2) is 38.2 Å². The molecule has 7 nitrogen and oxygen atoms in total. The molecule has 1 atom stereocenters. The molecule has 0 spiro atoms. The van der Waals surface area contributed by atoms with E-state index in [-0.39, 0.29) is 17.9 Å². The molecule has 3 N–H and O–H groups in total. The zero-order valence-electron chi connectivity index (χ0n) is 15.3. The van der Waals surface area contributed by atoms with Crippen molar-refractivity contribution in [1.29, 1.82) is 0 Å². The largest absolute Gasteiger partial charge is 0.350 e. The van der Waals surface area contributed by atoms with Gasteiger partial charge in [-0.15, -0.1) is 0 Å². The topological polar surface area (TPSA) is 98.7 Å². The molecule has 1 aliphatic carbocycles. The van der Waals surface area contributed by atoms with Crippen LogP contribution < -0.4 is 11.1 Å². The summed E-state index contributed by atoms with van der Waals surface area (Å²) in [5, 5.41) is 7.50. The molecule has 0 radical (unpaired) electrons. The fourth-order valence-corrected chi connectivity index (χ4v) is 2.90. The van der Waals surface area contributed by atoms with E-state index < -0.39 is 0 Å². The van der Waals surface area contributed by atoms with Crippen LogP contribution in [-0.2, 0) is 0 Å². The number of nitrogens with one attached hydrogen (secondary N) is 1. The van der Waals surface area contributed by atoms with Crippen molar-refractivity contribution in [2.24, 2.45) is 11.7 Å². The first-order chi connectivity index (χ1) is 11.8. The molecule has 1 unspecified atom stereocenters. The minimum atomic E-state index is -0.143. The highest BCUT2D eigenvalue weighted by atomic mass is 16.1. The van der Waals surface area contributed by atoms with Crippen molar-refractivity contribution < 1.29 is 4.79 Å². The summed E-state index contributed by atoms with van der Waals surface area (Å²) in [4.78, 5) is 21.5. The summed E-state index contributed by atoms with van der Waals surface area (Å²) in [5.41, 5.74) is 9.10. The number of aromatic nitrogens is 4. The average molecular weight is 342 g/mol. The Bertz CT molecular complexity index is 758. The van der Waals surface area contributed by atoms with Crippen molar-refractivity contribution in [3.8, 4) is 5.95 Å². The lowest BCUT2D eigenvalue weighted by molar-refractivity contribution is 0.0949. The zero-order chi connectivity index (χ0) is 18.1. The lowest BCUT2D eigenvalue weighted by atomic mass is 10.1. The van der Waals surface area contributed by atoms with Crippen molar-refractivity contribution in [3.05, 3.63) is 34.9 Å². The highest BCUT2D eigenvalue weighted by Gasteiger charge is 2.29. The van der Waals surface area contributed by atoms with E-state index >= 15 is 0 Å². The second-order valence-corrected chi connectivity index (χ2v) is 7.19. The maximum atomic E-state index is 12.6. The van der Waals surface area contributed by atoms with E-state index in [1.165, 1.54) is 0 Å². The number of hydrogen-bond donors (Lipinski definition) is 2. The number of nitrogens with two attached hydrogens (primary N) is 1. The van der Waals surface area contributed by atoms with Crippen molar-refractivity contribution >= 4 is 5.91 Å². The summed E-state index contributed by atoms with van der Waals surface area (Å²) < 4.78 is 1.59. The quantitative estimate of drug-likeness (QED) is 0.835. The molecular weight excluding hydrogens is 316 g/mol. The number of carbonyl (C=O) groups excluding carboxylic acids is 1. The van der Waals surface area contributed by atoms with Gasteiger partial charge >= 0.3 is 0 Å². The summed E-state index contributed by atoms with van der Waals surface area (Å²) in [6.07, 6.45) is 4.04. The van der Waals surface area contributed by atoms with E-state index in [1.54, 1.807) is 10.9 Å². The maximum Gasteiger partial charge on any atom is 0.254 e. The third kappa shape index (κ3) is 4.04. The van der Waals surface area contributed by atoms with Crippen LogP contribution in [0.1, 0.15) is 60.0 Å². The molecule has 3 rings (SSSR count). The van der Waals surface area contributed by atoms with E-state index in [1.807, 2.05) is 33.8 Å². The van der Waals surface area contributed by atoms with Gasteiger partial charge in [0.15, 0.2) is 0 Å². The SMILES string of the molecule is Cc1cc(C)nc(-n2cc(C(=O)NCC(N)C3CC3)c(C(C)C)n2)n1. The molecular formula is C18H26N6O. The molecule has 1 amide bonds. The van der Waals surface area contributed by atoms with E-state index in [4.69, 9.17) is 5.73 Å². The van der Waals surface area contributed by atoms with E-state index in [0.717, 1.165) is 29.9 Å². The number of nitrogens with zero attached hydrogens (tertiary/aromatic N) is 4. The van der Waals surface area contributed by atoms with Gasteiger partial charge in [-0.3, -0.25) is 4.79 Å². The predicted molar refractivity (Wildman–Crippen MR) is 95.7 cm³/mol. The molecule has 1 fully saturated rings. The van der Waals surface area contributed by atoms with Gasteiger partial charge in [-0.1, -0.05) is 13.8 Å². The van der Waals surface area contributed by atoms with Crippen LogP contribution in [0.25, 0.3) is 5.95 Å². The Morgan fingerprint density at radius 3 is 2.52 bits per heavy atom. The van der Waals surface area contributed by atoms with Gasteiger partial charge in [-0.2, -0.15) is 5.10 Å². The van der Waals surface area contributed by atoms with Crippen molar-refractivity contribution in [3.63, 3.8) is 0 Å². The van der Waals surface area contributed by atoms with Gasteiger partial charge in [0.2, 0.25) is 0 Å². The molecule has 2 aromatic rings. The molecule has 0 aromatic carbocycles. The molecule has 2 heterocycles. The van der Waals surface area contributed by atoms with Gasteiger partial charge in [0.1, 0.15) is 0 Å². The predicted octanol–water partition coefficient (Wildman–Crippen LogP) is 1.87. The monoisotopic (exact) mass is 342 g/mol. The Morgan fingerprint density at radius 2 is 1.96 bits per heavy atom. The molecule has 2 aromatic heterocycles. The van der Waals surface area contributed by atoms with Gasteiger partial charge < -0.3 is 11.1 Å². The molecule has 1 saturated carbocycles. The number of hydrogen-bond acceptors (Lipinski definition) is 5. The van der Waals surface area contributed by atoms with Crippen LogP contribution in [0.2, 0.25) is 0 Å². The van der Waals surface area contributed by atoms with Crippen LogP contribution >= 0.6 is 0 Å². The van der Waals surface area contributed by atoms with Crippen LogP contribution in [0.3, 0.4) is 0 Å². The molecule has 1 aliphatic rings. The first kappa shape index (κ1) is 17.5. The number of amides is 1. The molecule has 0 saturated heterocycles. The minimum absolute atomic E-state index is 0.0317. The second kappa shape index (κ2) is 6.92. The van der Waals surface area contributed by atoms with E-state index in [0.29, 0.717) is 24.0 Å². The fourth-order valence-electron chi connectivity index (χ4n) is 2.90. The summed E-state index contributed by atoms with van der Waals surface area (Å²) in [7, 11) is 0. The summed E-state index contributed by atoms with van der Waals surface area (Å²) in [6, 6.07) is 1.94. The Hall–Kier alpha value is -2.28. The molecule has 0 bridgehead atoms. The highest BCUT2D eigenvalue weighted by Crippen LogP contribution is 2.31. The fraction of sp³-hybridized carbons (Fsp3) is 0.556. The Kier molecular flexibility index (Phi) is 4.85. The average Bonchev–Trinajstić information content (AvgIpc) is 3.29. The minimum Gasteiger partial charge on any atom is -0.350 e. The Labute approximate surface area is 148 Å². The molecule has 25 heavy (non-hydrogen) atoms. The number of rotatable bonds is 6. The van der Waals surface area contributed by atoms with Crippen LogP contribution in [0.4, 0.5) is 0 Å². The zero-order valence-corrected chi connectivity index (χ0v) is 15.3.